The maximum absolute atomic E-state index is 15.1. The fourth-order valence-electron chi connectivity index (χ4n) is 6.22. The van der Waals surface area contributed by atoms with Crippen molar-refractivity contribution in [1.29, 1.82) is 0 Å². The maximum Gasteiger partial charge on any atom is 0.573 e. The second kappa shape index (κ2) is 11.8. The fraction of sp³-hybridized carbons (Fsp3) is 0.500. The summed E-state index contributed by atoms with van der Waals surface area (Å²) in [6.07, 6.45) is -2.63. The average Bonchev–Trinajstić information content (AvgIpc) is 3.57. The summed E-state index contributed by atoms with van der Waals surface area (Å²) in [5.74, 6) is -5.29. The Morgan fingerprint density at radius 1 is 0.977 bits per heavy atom. The maximum atomic E-state index is 15.1. The zero-order valence-electron chi connectivity index (χ0n) is 23.6. The molecule has 1 aliphatic carbocycles. The molecule has 2 aliphatic heterocycles. The van der Waals surface area contributed by atoms with Crippen LogP contribution in [-0.2, 0) is 9.59 Å². The summed E-state index contributed by atoms with van der Waals surface area (Å²) in [5, 5.41) is 2.84. The van der Waals surface area contributed by atoms with Crippen LogP contribution in [0.15, 0.2) is 30.3 Å². The van der Waals surface area contributed by atoms with Gasteiger partial charge in [0.05, 0.1) is 10.0 Å². The number of piperidine rings is 1. The Hall–Kier alpha value is -3.05. The van der Waals surface area contributed by atoms with Crippen molar-refractivity contribution >= 4 is 40.9 Å². The standard InChI is InChI=1S/C30H31Cl2F4N3O4/c1-29(9-10-29)28(42)38-11-7-16(8-12-38)27(41)39-14-19(17-3-5-21(31)22(32)13-17)20(15-39)24-18(26(40)37-2)4-6-23(33)25(24)43-30(34,35)36/h3-6,13,16,19-20H,7-12,14-15H2,1-2H3,(H,37,40). The Morgan fingerprint density at radius 2 is 1.63 bits per heavy atom. The highest BCUT2D eigenvalue weighted by Crippen LogP contribution is 2.49. The largest absolute Gasteiger partial charge is 0.573 e. The Kier molecular flexibility index (Phi) is 8.61. The lowest BCUT2D eigenvalue weighted by Crippen LogP contribution is -2.45. The predicted molar refractivity (Wildman–Crippen MR) is 152 cm³/mol. The molecule has 3 amide bonds. The first-order chi connectivity index (χ1) is 20.2. The van der Waals surface area contributed by atoms with Gasteiger partial charge in [0, 0.05) is 67.5 Å². The Balaban J connectivity index is 1.50. The predicted octanol–water partition coefficient (Wildman–Crippen LogP) is 6.14. The number of nitrogens with zero attached hydrogens (tertiary/aromatic N) is 2. The molecule has 232 valence electrons. The van der Waals surface area contributed by atoms with Gasteiger partial charge in [0.2, 0.25) is 11.8 Å². The molecule has 1 N–H and O–H groups in total. The number of nitrogens with one attached hydrogen (secondary N) is 1. The number of alkyl halides is 3. The van der Waals surface area contributed by atoms with Crippen LogP contribution in [0.2, 0.25) is 10.0 Å². The van der Waals surface area contributed by atoms with Crippen molar-refractivity contribution < 1.29 is 36.7 Å². The summed E-state index contributed by atoms with van der Waals surface area (Å²) in [7, 11) is 1.31. The van der Waals surface area contributed by atoms with E-state index >= 15 is 4.39 Å². The third kappa shape index (κ3) is 6.43. The van der Waals surface area contributed by atoms with Gasteiger partial charge >= 0.3 is 6.36 Å². The summed E-state index contributed by atoms with van der Waals surface area (Å²) < 4.78 is 59.8. The van der Waals surface area contributed by atoms with Crippen molar-refractivity contribution in [2.45, 2.75) is 50.8 Å². The van der Waals surface area contributed by atoms with E-state index in [9.17, 15) is 27.6 Å². The third-order valence-electron chi connectivity index (χ3n) is 8.86. The Bertz CT molecular complexity index is 1440. The van der Waals surface area contributed by atoms with E-state index in [2.05, 4.69) is 10.1 Å². The minimum atomic E-state index is -5.24. The van der Waals surface area contributed by atoms with Crippen LogP contribution in [0, 0.1) is 17.2 Å². The summed E-state index contributed by atoms with van der Waals surface area (Å²) in [6.45, 7) is 2.80. The fourth-order valence-corrected chi connectivity index (χ4v) is 6.53. The van der Waals surface area contributed by atoms with E-state index < -0.39 is 41.6 Å². The van der Waals surface area contributed by atoms with Gasteiger partial charge in [-0.2, -0.15) is 0 Å². The van der Waals surface area contributed by atoms with E-state index in [-0.39, 0.29) is 51.5 Å². The number of halogens is 6. The molecule has 1 saturated carbocycles. The van der Waals surface area contributed by atoms with E-state index in [0.717, 1.165) is 25.0 Å². The van der Waals surface area contributed by atoms with Gasteiger partial charge in [-0.3, -0.25) is 14.4 Å². The molecule has 0 bridgehead atoms. The molecule has 0 aromatic heterocycles. The number of carbonyl (C=O) groups is 3. The second-order valence-electron chi connectivity index (χ2n) is 11.7. The molecule has 7 nitrogen and oxygen atoms in total. The quantitative estimate of drug-likeness (QED) is 0.384. The van der Waals surface area contributed by atoms with Crippen LogP contribution in [0.3, 0.4) is 0 Å². The van der Waals surface area contributed by atoms with Crippen molar-refractivity contribution in [1.82, 2.24) is 15.1 Å². The van der Waals surface area contributed by atoms with Gasteiger partial charge in [-0.1, -0.05) is 36.2 Å². The summed E-state index contributed by atoms with van der Waals surface area (Å²) >= 11 is 12.4. The number of hydrogen-bond donors (Lipinski definition) is 1. The molecule has 0 spiro atoms. The first-order valence-electron chi connectivity index (χ1n) is 14.1. The van der Waals surface area contributed by atoms with Crippen LogP contribution in [-0.4, -0.2) is 67.1 Å². The van der Waals surface area contributed by atoms with E-state index in [1.807, 2.05) is 6.92 Å². The number of hydrogen-bond acceptors (Lipinski definition) is 4. The van der Waals surface area contributed by atoms with Gasteiger partial charge in [0.1, 0.15) is 0 Å². The highest BCUT2D eigenvalue weighted by Gasteiger charge is 2.49. The normalized spacial score (nSPS) is 22.0. The van der Waals surface area contributed by atoms with Crippen molar-refractivity contribution in [3.63, 3.8) is 0 Å². The molecule has 43 heavy (non-hydrogen) atoms. The van der Waals surface area contributed by atoms with Gasteiger partial charge in [-0.25, -0.2) is 4.39 Å². The Morgan fingerprint density at radius 3 is 2.21 bits per heavy atom. The SMILES string of the molecule is CNC(=O)c1ccc(F)c(OC(F)(F)F)c1C1CN(C(=O)C2CCN(C(=O)C3(C)CC3)CC2)CC1c1ccc(Cl)c(Cl)c1. The summed E-state index contributed by atoms with van der Waals surface area (Å²) in [4.78, 5) is 42.8. The number of ether oxygens (including phenoxy) is 1. The molecule has 3 aliphatic rings. The molecule has 2 unspecified atom stereocenters. The molecular weight excluding hydrogens is 613 g/mol. The van der Waals surface area contributed by atoms with Gasteiger partial charge in [-0.15, -0.1) is 13.2 Å². The molecule has 2 atom stereocenters. The van der Waals surface area contributed by atoms with Crippen molar-refractivity contribution in [2.75, 3.05) is 33.2 Å². The smallest absolute Gasteiger partial charge is 0.402 e. The van der Waals surface area contributed by atoms with Crippen molar-refractivity contribution in [3.05, 3.63) is 62.9 Å². The zero-order chi connectivity index (χ0) is 31.3. The third-order valence-corrected chi connectivity index (χ3v) is 9.60. The van der Waals surface area contributed by atoms with Crippen molar-refractivity contribution in [2.24, 2.45) is 11.3 Å². The Labute approximate surface area is 256 Å². The van der Waals surface area contributed by atoms with E-state index in [4.69, 9.17) is 23.2 Å². The van der Waals surface area contributed by atoms with Crippen LogP contribution in [0.1, 0.15) is 65.9 Å². The van der Waals surface area contributed by atoms with Crippen LogP contribution in [0.4, 0.5) is 17.6 Å². The first-order valence-corrected chi connectivity index (χ1v) is 14.8. The minimum Gasteiger partial charge on any atom is -0.402 e. The van der Waals surface area contributed by atoms with Crippen LogP contribution in [0.25, 0.3) is 0 Å². The number of likely N-dealkylation sites (tertiary alicyclic amines) is 2. The molecule has 2 saturated heterocycles. The van der Waals surface area contributed by atoms with Gasteiger partial charge in [0.15, 0.2) is 11.6 Å². The van der Waals surface area contributed by atoms with E-state index in [1.165, 1.54) is 18.0 Å². The van der Waals surface area contributed by atoms with Gasteiger partial charge < -0.3 is 19.9 Å². The van der Waals surface area contributed by atoms with E-state index in [1.54, 1.807) is 17.0 Å². The number of benzene rings is 2. The molecule has 2 heterocycles. The monoisotopic (exact) mass is 643 g/mol. The van der Waals surface area contributed by atoms with Gasteiger partial charge in [-0.05, 0) is 55.5 Å². The number of amides is 3. The zero-order valence-corrected chi connectivity index (χ0v) is 25.1. The second-order valence-corrected chi connectivity index (χ2v) is 12.5. The van der Waals surface area contributed by atoms with Crippen LogP contribution in [0.5, 0.6) is 5.75 Å². The minimum absolute atomic E-state index is 0.0772. The highest BCUT2D eigenvalue weighted by atomic mass is 35.5. The number of carbonyl (C=O) groups excluding carboxylic acids is 3. The molecule has 0 radical (unpaired) electrons. The van der Waals surface area contributed by atoms with Crippen molar-refractivity contribution in [3.8, 4) is 5.75 Å². The van der Waals surface area contributed by atoms with Crippen LogP contribution >= 0.6 is 23.2 Å². The number of rotatable bonds is 6. The van der Waals surface area contributed by atoms with Crippen LogP contribution < -0.4 is 10.1 Å². The molecule has 2 aromatic rings. The lowest BCUT2D eigenvalue weighted by Gasteiger charge is -2.34. The topological polar surface area (TPSA) is 79.0 Å². The first kappa shape index (κ1) is 31.4. The lowest BCUT2D eigenvalue weighted by molar-refractivity contribution is -0.276. The summed E-state index contributed by atoms with van der Waals surface area (Å²) in [6, 6.07) is 6.59. The summed E-state index contributed by atoms with van der Waals surface area (Å²) in [5.41, 5.74) is -0.248. The molecule has 13 heteroatoms. The molecule has 5 rings (SSSR count). The molecular formula is C30H31Cl2F4N3O4. The van der Waals surface area contributed by atoms with Gasteiger partial charge in [0.25, 0.3) is 5.91 Å². The highest BCUT2D eigenvalue weighted by molar-refractivity contribution is 6.42. The lowest BCUT2D eigenvalue weighted by atomic mass is 9.81. The molecule has 3 fully saturated rings. The average molecular weight is 644 g/mol. The van der Waals surface area contributed by atoms with E-state index in [0.29, 0.717) is 31.5 Å². The molecule has 2 aromatic carbocycles.